The molecule has 32 heavy (non-hydrogen) atoms. The van der Waals surface area contributed by atoms with Gasteiger partial charge in [0.2, 0.25) is 0 Å². The molecule has 2 aromatic rings. The molecule has 6 nitrogen and oxygen atoms in total. The molecular weight excluding hydrogens is 476 g/mol. The number of hydrogen-bond donors (Lipinski definition) is 1. The molecular formula is C20H19ClF4N2O4S. The Bertz CT molecular complexity index is 1140. The van der Waals surface area contributed by atoms with Crippen molar-refractivity contribution in [1.82, 2.24) is 9.88 Å². The molecule has 1 aromatic heterocycles. The fourth-order valence-electron chi connectivity index (χ4n) is 3.24. The molecule has 1 unspecified atom stereocenters. The lowest BCUT2D eigenvalue weighted by atomic mass is 10.0. The highest BCUT2D eigenvalue weighted by atomic mass is 35.5. The van der Waals surface area contributed by atoms with Gasteiger partial charge in [-0.15, -0.1) is 0 Å². The highest BCUT2D eigenvalue weighted by Gasteiger charge is 2.48. The van der Waals surface area contributed by atoms with Gasteiger partial charge in [0.05, 0.1) is 16.8 Å². The Morgan fingerprint density at radius 1 is 1.38 bits per heavy atom. The van der Waals surface area contributed by atoms with E-state index in [4.69, 9.17) is 11.6 Å². The molecule has 0 bridgehead atoms. The molecule has 3 rings (SSSR count). The van der Waals surface area contributed by atoms with Crippen LogP contribution in [0.5, 0.6) is 5.75 Å². The molecule has 1 atom stereocenters. The number of aromatic nitrogens is 1. The summed E-state index contributed by atoms with van der Waals surface area (Å²) in [6.07, 6.45) is 2.63. The Hall–Kier alpha value is -2.21. The van der Waals surface area contributed by atoms with Gasteiger partial charge in [-0.1, -0.05) is 23.7 Å². The van der Waals surface area contributed by atoms with Crippen LogP contribution in [-0.2, 0) is 23.1 Å². The molecule has 1 N–H and O–H groups in total. The van der Waals surface area contributed by atoms with Gasteiger partial charge in [0.25, 0.3) is 0 Å². The van der Waals surface area contributed by atoms with Gasteiger partial charge in [0.1, 0.15) is 5.83 Å². The van der Waals surface area contributed by atoms with E-state index in [0.29, 0.717) is 26.1 Å². The van der Waals surface area contributed by atoms with Gasteiger partial charge in [-0.05, 0) is 48.2 Å². The van der Waals surface area contributed by atoms with Crippen LogP contribution in [0.4, 0.5) is 17.6 Å². The predicted molar refractivity (Wildman–Crippen MR) is 111 cm³/mol. The van der Waals surface area contributed by atoms with E-state index in [0.717, 1.165) is 23.3 Å². The molecule has 1 aliphatic heterocycles. The van der Waals surface area contributed by atoms with Gasteiger partial charge >= 0.3 is 15.6 Å². The van der Waals surface area contributed by atoms with Crippen molar-refractivity contribution < 1.29 is 35.3 Å². The summed E-state index contributed by atoms with van der Waals surface area (Å²) in [4.78, 5) is 6.15. The largest absolute Gasteiger partial charge is 0.534 e. The van der Waals surface area contributed by atoms with Gasteiger partial charge in [-0.25, -0.2) is 4.39 Å². The molecule has 0 amide bonds. The lowest BCUT2D eigenvalue weighted by Crippen LogP contribution is -2.35. The number of benzene rings is 1. The van der Waals surface area contributed by atoms with Crippen LogP contribution in [0.25, 0.3) is 11.9 Å². The summed E-state index contributed by atoms with van der Waals surface area (Å²) >= 11 is 5.95. The van der Waals surface area contributed by atoms with Crippen LogP contribution in [0.15, 0.2) is 30.5 Å². The van der Waals surface area contributed by atoms with Gasteiger partial charge in [-0.3, -0.25) is 9.88 Å². The number of aliphatic hydroxyl groups is 1. The molecule has 0 saturated carbocycles. The Morgan fingerprint density at radius 3 is 2.75 bits per heavy atom. The summed E-state index contributed by atoms with van der Waals surface area (Å²) in [6, 6.07) is 4.98. The smallest absolute Gasteiger partial charge is 0.392 e. The highest BCUT2D eigenvalue weighted by molar-refractivity contribution is 7.88. The Balaban J connectivity index is 1.84. The van der Waals surface area contributed by atoms with Crippen molar-refractivity contribution in [2.24, 2.45) is 0 Å². The van der Waals surface area contributed by atoms with Crippen molar-refractivity contribution in [3.8, 4) is 5.75 Å². The van der Waals surface area contributed by atoms with Gasteiger partial charge in [0.15, 0.2) is 5.75 Å². The summed E-state index contributed by atoms with van der Waals surface area (Å²) in [7, 11) is -5.92. The predicted octanol–water partition coefficient (Wildman–Crippen LogP) is 4.17. The quantitative estimate of drug-likeness (QED) is 0.369. The minimum absolute atomic E-state index is 0.00183. The van der Waals surface area contributed by atoms with Crippen molar-refractivity contribution in [3.05, 3.63) is 57.9 Å². The Morgan fingerprint density at radius 2 is 2.09 bits per heavy atom. The molecule has 1 aliphatic rings. The fraction of sp³-hybridized carbons (Fsp3) is 0.350. The van der Waals surface area contributed by atoms with Crippen LogP contribution in [0, 0.1) is 0 Å². The zero-order chi connectivity index (χ0) is 23.7. The molecule has 2 heterocycles. The normalized spacial score (nSPS) is 16.5. The molecule has 1 aromatic carbocycles. The first kappa shape index (κ1) is 24.4. The zero-order valence-corrected chi connectivity index (χ0v) is 18.3. The first-order valence-electron chi connectivity index (χ1n) is 9.42. The molecule has 174 valence electrons. The van der Waals surface area contributed by atoms with Gasteiger partial charge in [0, 0.05) is 25.8 Å². The third-order valence-electron chi connectivity index (χ3n) is 4.70. The SMILES string of the molecule is CC(O)CN1CCc2cc(/C(F)=C/c3cccc(OS(=O)(=O)C(F)(F)F)c3Cl)ncc2C1. The lowest BCUT2D eigenvalue weighted by Gasteiger charge is -2.29. The molecule has 0 saturated heterocycles. The molecule has 0 spiro atoms. The van der Waals surface area contributed by atoms with Gasteiger partial charge in [-0.2, -0.15) is 21.6 Å². The maximum Gasteiger partial charge on any atom is 0.534 e. The average Bonchev–Trinajstić information content (AvgIpc) is 2.69. The standard InChI is InChI=1S/C20H19ClF4N2O4S/c1-12(28)10-27-6-5-13-8-17(26-9-15(13)11-27)16(22)7-14-3-2-4-18(19(14)21)31-32(29,30)20(23,24)25/h2-4,7-9,12,28H,5-6,10-11H2,1H3/b16-7-. The lowest BCUT2D eigenvalue weighted by molar-refractivity contribution is -0.0500. The summed E-state index contributed by atoms with van der Waals surface area (Å²) in [5.41, 5.74) is -3.93. The molecule has 12 heteroatoms. The number of alkyl halides is 3. The van der Waals surface area contributed by atoms with Crippen molar-refractivity contribution in [1.29, 1.82) is 0 Å². The summed E-state index contributed by atoms with van der Waals surface area (Å²) in [5.74, 6) is -1.58. The molecule has 0 fully saturated rings. The minimum atomic E-state index is -5.92. The van der Waals surface area contributed by atoms with Crippen LogP contribution >= 0.6 is 11.6 Å². The van der Waals surface area contributed by atoms with Crippen LogP contribution in [-0.4, -0.2) is 48.1 Å². The van der Waals surface area contributed by atoms with E-state index in [1.807, 2.05) is 0 Å². The van der Waals surface area contributed by atoms with Crippen LogP contribution in [0.3, 0.4) is 0 Å². The van der Waals surface area contributed by atoms with E-state index < -0.39 is 38.3 Å². The van der Waals surface area contributed by atoms with Crippen LogP contribution in [0.1, 0.15) is 29.3 Å². The zero-order valence-electron chi connectivity index (χ0n) is 16.7. The number of halogens is 5. The average molecular weight is 495 g/mol. The Labute approximate surface area is 187 Å². The number of rotatable bonds is 6. The highest BCUT2D eigenvalue weighted by Crippen LogP contribution is 2.35. The van der Waals surface area contributed by atoms with Gasteiger partial charge < -0.3 is 9.29 Å². The van der Waals surface area contributed by atoms with Crippen molar-refractivity contribution >= 4 is 33.6 Å². The summed E-state index contributed by atoms with van der Waals surface area (Å²) in [5, 5.41) is 9.03. The first-order valence-corrected chi connectivity index (χ1v) is 11.2. The number of β-amino-alcohol motifs (C(OH)–C–C–N with tert-alkyl or cyclic N) is 1. The van der Waals surface area contributed by atoms with Crippen LogP contribution in [0.2, 0.25) is 5.02 Å². The van der Waals surface area contributed by atoms with Crippen LogP contribution < -0.4 is 4.18 Å². The van der Waals surface area contributed by atoms with Crippen molar-refractivity contribution in [2.45, 2.75) is 31.5 Å². The first-order chi connectivity index (χ1) is 14.9. The van der Waals surface area contributed by atoms with E-state index in [9.17, 15) is 31.1 Å². The van der Waals surface area contributed by atoms with Crippen molar-refractivity contribution in [2.75, 3.05) is 13.1 Å². The number of fused-ring (bicyclic) bond motifs is 1. The monoisotopic (exact) mass is 494 g/mol. The molecule has 0 aliphatic carbocycles. The number of pyridine rings is 1. The number of nitrogens with zero attached hydrogens (tertiary/aromatic N) is 2. The van der Waals surface area contributed by atoms with Crippen molar-refractivity contribution in [3.63, 3.8) is 0 Å². The number of aliphatic hydroxyl groups excluding tert-OH is 1. The fourth-order valence-corrected chi connectivity index (χ4v) is 3.97. The van der Waals surface area contributed by atoms with E-state index in [1.165, 1.54) is 18.3 Å². The second kappa shape index (κ2) is 9.34. The third-order valence-corrected chi connectivity index (χ3v) is 6.07. The summed E-state index contributed by atoms with van der Waals surface area (Å²) < 4.78 is 79.0. The second-order valence-corrected chi connectivity index (χ2v) is 9.22. The van der Waals surface area contributed by atoms with E-state index >= 15 is 0 Å². The maximum atomic E-state index is 14.8. The second-order valence-electron chi connectivity index (χ2n) is 7.31. The number of hydrogen-bond acceptors (Lipinski definition) is 6. The van der Waals surface area contributed by atoms with E-state index in [1.54, 1.807) is 13.0 Å². The van der Waals surface area contributed by atoms with E-state index in [-0.39, 0.29) is 11.3 Å². The maximum absolute atomic E-state index is 14.8. The minimum Gasteiger partial charge on any atom is -0.392 e. The topological polar surface area (TPSA) is 79.7 Å². The Kier molecular flexibility index (Phi) is 7.13. The third kappa shape index (κ3) is 5.58. The van der Waals surface area contributed by atoms with E-state index in [2.05, 4.69) is 14.1 Å². The molecule has 0 radical (unpaired) electrons. The summed E-state index contributed by atoms with van der Waals surface area (Å²) in [6.45, 7) is 3.46.